The molecule has 4 nitrogen and oxygen atoms in total. The van der Waals surface area contributed by atoms with Crippen LogP contribution in [0.1, 0.15) is 21.1 Å². The second-order valence-electron chi connectivity index (χ2n) is 4.30. The largest absolute Gasteiger partial charge is 0.493 e. The standard InChI is InChI=1S/C14H17N3OS/c1-9-5-3-4-6-11(9)18-8-7-12-17-10(2)13(19-12)14(15)16/h3-6H,7-8H2,1-2H3,(H3,15,16). The van der Waals surface area contributed by atoms with Crippen LogP contribution >= 0.6 is 11.3 Å². The summed E-state index contributed by atoms with van der Waals surface area (Å²) in [6.45, 7) is 4.48. The number of nitrogens with one attached hydrogen (secondary N) is 1. The van der Waals surface area contributed by atoms with Crippen molar-refractivity contribution >= 4 is 17.2 Å². The Morgan fingerprint density at radius 3 is 2.74 bits per heavy atom. The summed E-state index contributed by atoms with van der Waals surface area (Å²) >= 11 is 1.47. The molecular formula is C14H17N3OS. The monoisotopic (exact) mass is 275 g/mol. The van der Waals surface area contributed by atoms with E-state index in [1.807, 2.05) is 38.1 Å². The van der Waals surface area contributed by atoms with E-state index in [4.69, 9.17) is 15.9 Å². The second kappa shape index (κ2) is 5.84. The molecule has 3 N–H and O–H groups in total. The number of hydrogen-bond donors (Lipinski definition) is 2. The van der Waals surface area contributed by atoms with Crippen LogP contribution in [0, 0.1) is 19.3 Å². The number of aryl methyl sites for hydroxylation is 2. The minimum absolute atomic E-state index is 0.0843. The summed E-state index contributed by atoms with van der Waals surface area (Å²) in [6.07, 6.45) is 0.729. The maximum atomic E-state index is 7.45. The van der Waals surface area contributed by atoms with Crippen LogP contribution in [0.15, 0.2) is 24.3 Å². The molecule has 1 aromatic carbocycles. The summed E-state index contributed by atoms with van der Waals surface area (Å²) in [5.74, 6) is 0.989. The molecule has 0 saturated carbocycles. The molecule has 0 fully saturated rings. The lowest BCUT2D eigenvalue weighted by Gasteiger charge is -2.07. The van der Waals surface area contributed by atoms with Crippen LogP contribution in [0.5, 0.6) is 5.75 Å². The van der Waals surface area contributed by atoms with Gasteiger partial charge >= 0.3 is 0 Å². The zero-order valence-electron chi connectivity index (χ0n) is 11.1. The predicted octanol–water partition coefficient (Wildman–Crippen LogP) is 2.67. The molecule has 0 spiro atoms. The lowest BCUT2D eigenvalue weighted by Crippen LogP contribution is -2.10. The minimum atomic E-state index is 0.0843. The van der Waals surface area contributed by atoms with Crippen molar-refractivity contribution in [3.63, 3.8) is 0 Å². The Bertz CT molecular complexity index is 592. The van der Waals surface area contributed by atoms with Gasteiger partial charge in [-0.1, -0.05) is 18.2 Å². The molecule has 5 heteroatoms. The quantitative estimate of drug-likeness (QED) is 0.651. The number of nitrogens with zero attached hydrogens (tertiary/aromatic N) is 1. The van der Waals surface area contributed by atoms with Crippen LogP contribution in [0.25, 0.3) is 0 Å². The molecule has 100 valence electrons. The number of hydrogen-bond acceptors (Lipinski definition) is 4. The van der Waals surface area contributed by atoms with Gasteiger partial charge in [0.05, 0.1) is 22.2 Å². The summed E-state index contributed by atoms with van der Waals surface area (Å²) in [6, 6.07) is 7.94. The molecular weight excluding hydrogens is 258 g/mol. The van der Waals surface area contributed by atoms with Crippen molar-refractivity contribution in [1.82, 2.24) is 4.98 Å². The first-order valence-corrected chi connectivity index (χ1v) is 6.88. The van der Waals surface area contributed by atoms with E-state index in [0.717, 1.165) is 33.3 Å². The molecule has 0 unspecified atom stereocenters. The van der Waals surface area contributed by atoms with Gasteiger partial charge in [-0.15, -0.1) is 11.3 Å². The summed E-state index contributed by atoms with van der Waals surface area (Å²) < 4.78 is 5.73. The van der Waals surface area contributed by atoms with E-state index >= 15 is 0 Å². The van der Waals surface area contributed by atoms with E-state index in [2.05, 4.69) is 4.98 Å². The van der Waals surface area contributed by atoms with Gasteiger partial charge in [-0.25, -0.2) is 4.98 Å². The molecule has 0 atom stereocenters. The Kier molecular flexibility index (Phi) is 4.16. The van der Waals surface area contributed by atoms with Gasteiger partial charge < -0.3 is 10.5 Å². The van der Waals surface area contributed by atoms with Gasteiger partial charge in [-0.2, -0.15) is 0 Å². The molecule has 0 radical (unpaired) electrons. The van der Waals surface area contributed by atoms with Crippen LogP contribution in [0.3, 0.4) is 0 Å². The summed E-state index contributed by atoms with van der Waals surface area (Å²) in [7, 11) is 0. The molecule has 2 aromatic rings. The Labute approximate surface area is 116 Å². The fourth-order valence-corrected chi connectivity index (χ4v) is 2.68. The summed E-state index contributed by atoms with van der Waals surface area (Å²) in [4.78, 5) is 5.16. The van der Waals surface area contributed by atoms with Crippen molar-refractivity contribution in [3.05, 3.63) is 45.4 Å². The van der Waals surface area contributed by atoms with Gasteiger partial charge in [0.2, 0.25) is 0 Å². The first-order chi connectivity index (χ1) is 9.08. The van der Waals surface area contributed by atoms with Crippen LogP contribution in [0.4, 0.5) is 0 Å². The lowest BCUT2D eigenvalue weighted by molar-refractivity contribution is 0.319. The van der Waals surface area contributed by atoms with E-state index in [0.29, 0.717) is 6.61 Å². The van der Waals surface area contributed by atoms with Crippen molar-refractivity contribution in [3.8, 4) is 5.75 Å². The van der Waals surface area contributed by atoms with Gasteiger partial charge in [-0.3, -0.25) is 5.41 Å². The van der Waals surface area contributed by atoms with Crippen molar-refractivity contribution in [2.75, 3.05) is 6.61 Å². The molecule has 0 aliphatic heterocycles. The number of aromatic nitrogens is 1. The Morgan fingerprint density at radius 2 is 2.11 bits per heavy atom. The minimum Gasteiger partial charge on any atom is -0.493 e. The molecule has 0 saturated heterocycles. The average molecular weight is 275 g/mol. The van der Waals surface area contributed by atoms with Crippen LogP contribution in [0.2, 0.25) is 0 Å². The van der Waals surface area contributed by atoms with E-state index < -0.39 is 0 Å². The van der Waals surface area contributed by atoms with Gasteiger partial charge in [0, 0.05) is 6.42 Å². The highest BCUT2D eigenvalue weighted by atomic mass is 32.1. The maximum Gasteiger partial charge on any atom is 0.135 e. The predicted molar refractivity (Wildman–Crippen MR) is 78.2 cm³/mol. The molecule has 0 bridgehead atoms. The van der Waals surface area contributed by atoms with Gasteiger partial charge in [-0.05, 0) is 25.5 Å². The zero-order valence-corrected chi connectivity index (χ0v) is 11.9. The van der Waals surface area contributed by atoms with E-state index in [-0.39, 0.29) is 5.84 Å². The van der Waals surface area contributed by atoms with Crippen molar-refractivity contribution in [2.45, 2.75) is 20.3 Å². The zero-order chi connectivity index (χ0) is 13.8. The van der Waals surface area contributed by atoms with Crippen molar-refractivity contribution < 1.29 is 4.74 Å². The number of thiazole rings is 1. The number of nitrogens with two attached hydrogens (primary N) is 1. The van der Waals surface area contributed by atoms with Crippen LogP contribution < -0.4 is 10.5 Å². The van der Waals surface area contributed by atoms with Crippen LogP contribution in [-0.2, 0) is 6.42 Å². The second-order valence-corrected chi connectivity index (χ2v) is 5.38. The van der Waals surface area contributed by atoms with Gasteiger partial charge in [0.15, 0.2) is 0 Å². The Morgan fingerprint density at radius 1 is 1.37 bits per heavy atom. The first kappa shape index (κ1) is 13.5. The van der Waals surface area contributed by atoms with E-state index in [1.165, 1.54) is 11.3 Å². The molecule has 0 amide bonds. The number of nitrogen functional groups attached to an aromatic ring is 1. The lowest BCUT2D eigenvalue weighted by atomic mass is 10.2. The molecule has 1 aromatic heterocycles. The van der Waals surface area contributed by atoms with Crippen LogP contribution in [-0.4, -0.2) is 17.4 Å². The third-order valence-electron chi connectivity index (χ3n) is 2.75. The van der Waals surface area contributed by atoms with Crippen molar-refractivity contribution in [1.29, 1.82) is 5.41 Å². The molecule has 0 aliphatic rings. The average Bonchev–Trinajstić information content (AvgIpc) is 2.73. The number of rotatable bonds is 5. The first-order valence-electron chi connectivity index (χ1n) is 6.07. The summed E-state index contributed by atoms with van der Waals surface area (Å²) in [5, 5.41) is 8.40. The SMILES string of the molecule is Cc1ccccc1OCCc1nc(C)c(C(=N)N)s1. The fraction of sp³-hybridized carbons (Fsp3) is 0.286. The van der Waals surface area contributed by atoms with Gasteiger partial charge in [0.1, 0.15) is 11.6 Å². The molecule has 0 aliphatic carbocycles. The highest BCUT2D eigenvalue weighted by Crippen LogP contribution is 2.19. The van der Waals surface area contributed by atoms with E-state index in [1.54, 1.807) is 0 Å². The normalized spacial score (nSPS) is 10.4. The van der Waals surface area contributed by atoms with E-state index in [9.17, 15) is 0 Å². The third kappa shape index (κ3) is 3.32. The number of amidine groups is 1. The molecule has 1 heterocycles. The number of ether oxygens (including phenoxy) is 1. The van der Waals surface area contributed by atoms with Gasteiger partial charge in [0.25, 0.3) is 0 Å². The topological polar surface area (TPSA) is 72.0 Å². The fourth-order valence-electron chi connectivity index (χ4n) is 1.78. The number of para-hydroxylation sites is 1. The molecule has 19 heavy (non-hydrogen) atoms. The summed E-state index contributed by atoms with van der Waals surface area (Å²) in [5.41, 5.74) is 7.44. The van der Waals surface area contributed by atoms with Crippen molar-refractivity contribution in [2.24, 2.45) is 5.73 Å². The Hall–Kier alpha value is -1.88. The Balaban J connectivity index is 1.95. The third-order valence-corrected chi connectivity index (χ3v) is 4.00. The highest BCUT2D eigenvalue weighted by Gasteiger charge is 2.10. The maximum absolute atomic E-state index is 7.45. The molecule has 2 rings (SSSR count). The number of benzene rings is 1. The highest BCUT2D eigenvalue weighted by molar-refractivity contribution is 7.13. The smallest absolute Gasteiger partial charge is 0.135 e.